The van der Waals surface area contributed by atoms with Gasteiger partial charge in [-0.3, -0.25) is 10.1 Å². The van der Waals surface area contributed by atoms with Crippen LogP contribution in [0.5, 0.6) is 0 Å². The molecule has 0 aromatic carbocycles. The van der Waals surface area contributed by atoms with Gasteiger partial charge in [0.15, 0.2) is 0 Å². The number of nitro groups is 1. The van der Waals surface area contributed by atoms with Crippen molar-refractivity contribution in [2.24, 2.45) is 0 Å². The Bertz CT molecular complexity index is 561. The average molecular weight is 285 g/mol. The minimum atomic E-state index is -0.518. The van der Waals surface area contributed by atoms with Crippen LogP contribution in [0.4, 0.5) is 11.5 Å². The summed E-state index contributed by atoms with van der Waals surface area (Å²) in [6.45, 7) is 1.86. The summed E-state index contributed by atoms with van der Waals surface area (Å²) in [6, 6.07) is 1.11. The molecule has 0 aliphatic heterocycles. The summed E-state index contributed by atoms with van der Waals surface area (Å²) >= 11 is 7.16. The molecule has 0 aliphatic rings. The third kappa shape index (κ3) is 2.74. The van der Waals surface area contributed by atoms with Crippen LogP contribution in [0.25, 0.3) is 0 Å². The first kappa shape index (κ1) is 12.7. The van der Waals surface area contributed by atoms with Gasteiger partial charge in [-0.05, 0) is 6.92 Å². The molecular formula is C10H9ClN4O2S. The van der Waals surface area contributed by atoms with Crippen LogP contribution in [-0.4, -0.2) is 14.9 Å². The standard InChI is InChI=1S/C10H9ClN4O2S/c1-6(10-12-2-3-18-10)14-9-8(15(16)17)4-7(11)5-13-9/h2-6H,1H3,(H,13,14). The first-order valence-corrected chi connectivity index (χ1v) is 6.29. The molecule has 2 aromatic rings. The van der Waals surface area contributed by atoms with E-state index in [4.69, 9.17) is 11.6 Å². The molecule has 0 spiro atoms. The van der Waals surface area contributed by atoms with Crippen molar-refractivity contribution in [2.45, 2.75) is 13.0 Å². The molecule has 0 fully saturated rings. The number of anilines is 1. The molecule has 0 saturated carbocycles. The zero-order valence-corrected chi connectivity index (χ0v) is 10.9. The van der Waals surface area contributed by atoms with Gasteiger partial charge in [0.2, 0.25) is 5.82 Å². The molecule has 1 N–H and O–H groups in total. The number of rotatable bonds is 4. The highest BCUT2D eigenvalue weighted by Gasteiger charge is 2.19. The predicted molar refractivity (Wildman–Crippen MR) is 70.1 cm³/mol. The number of nitrogens with zero attached hydrogens (tertiary/aromatic N) is 3. The van der Waals surface area contributed by atoms with Crippen molar-refractivity contribution < 1.29 is 4.92 Å². The molecule has 2 rings (SSSR count). The molecule has 0 aliphatic carbocycles. The molecule has 1 unspecified atom stereocenters. The van der Waals surface area contributed by atoms with Crippen molar-refractivity contribution in [3.05, 3.63) is 44.0 Å². The maximum absolute atomic E-state index is 10.9. The van der Waals surface area contributed by atoms with Gasteiger partial charge >= 0.3 is 5.69 Å². The third-order valence-electron chi connectivity index (χ3n) is 2.21. The van der Waals surface area contributed by atoms with Crippen LogP contribution in [-0.2, 0) is 0 Å². The lowest BCUT2D eigenvalue weighted by atomic mass is 10.3. The molecule has 18 heavy (non-hydrogen) atoms. The summed E-state index contributed by atoms with van der Waals surface area (Å²) < 4.78 is 0. The molecule has 2 aromatic heterocycles. The van der Waals surface area contributed by atoms with Gasteiger partial charge < -0.3 is 5.32 Å². The Morgan fingerprint density at radius 3 is 2.94 bits per heavy atom. The Hall–Kier alpha value is -1.73. The zero-order valence-electron chi connectivity index (χ0n) is 9.33. The van der Waals surface area contributed by atoms with Crippen molar-refractivity contribution in [1.82, 2.24) is 9.97 Å². The van der Waals surface area contributed by atoms with E-state index in [0.29, 0.717) is 0 Å². The second-order valence-electron chi connectivity index (χ2n) is 3.51. The van der Waals surface area contributed by atoms with E-state index in [1.165, 1.54) is 23.6 Å². The quantitative estimate of drug-likeness (QED) is 0.688. The normalized spacial score (nSPS) is 12.1. The van der Waals surface area contributed by atoms with Gasteiger partial charge in [0.05, 0.1) is 16.0 Å². The number of aromatic nitrogens is 2. The highest BCUT2D eigenvalue weighted by molar-refractivity contribution is 7.09. The Labute approximate surface area is 112 Å². The van der Waals surface area contributed by atoms with Crippen molar-refractivity contribution in [3.8, 4) is 0 Å². The number of hydrogen-bond donors (Lipinski definition) is 1. The molecule has 0 bridgehead atoms. The van der Waals surface area contributed by atoms with E-state index in [-0.39, 0.29) is 22.6 Å². The summed E-state index contributed by atoms with van der Waals surface area (Å²) in [5.74, 6) is 0.187. The molecule has 94 valence electrons. The summed E-state index contributed by atoms with van der Waals surface area (Å²) in [6.07, 6.45) is 3.05. The van der Waals surface area contributed by atoms with Crippen LogP contribution in [0.2, 0.25) is 5.02 Å². The van der Waals surface area contributed by atoms with E-state index < -0.39 is 4.92 Å². The largest absolute Gasteiger partial charge is 0.355 e. The molecule has 0 amide bonds. The van der Waals surface area contributed by atoms with E-state index in [2.05, 4.69) is 15.3 Å². The van der Waals surface area contributed by atoms with Crippen molar-refractivity contribution >= 4 is 34.4 Å². The summed E-state index contributed by atoms with van der Waals surface area (Å²) in [7, 11) is 0. The fourth-order valence-corrected chi connectivity index (χ4v) is 2.19. The Morgan fingerprint density at radius 1 is 1.56 bits per heavy atom. The first-order valence-electron chi connectivity index (χ1n) is 5.04. The maximum Gasteiger partial charge on any atom is 0.312 e. The van der Waals surface area contributed by atoms with Gasteiger partial charge in [0.25, 0.3) is 0 Å². The van der Waals surface area contributed by atoms with Gasteiger partial charge in [-0.25, -0.2) is 9.97 Å². The van der Waals surface area contributed by atoms with Gasteiger partial charge in [-0.2, -0.15) is 0 Å². The number of pyridine rings is 1. The van der Waals surface area contributed by atoms with Gasteiger partial charge in [-0.1, -0.05) is 11.6 Å². The Balaban J connectivity index is 2.26. The van der Waals surface area contributed by atoms with E-state index in [1.807, 2.05) is 12.3 Å². The molecule has 8 heteroatoms. The van der Waals surface area contributed by atoms with E-state index >= 15 is 0 Å². The van der Waals surface area contributed by atoms with Crippen molar-refractivity contribution in [2.75, 3.05) is 5.32 Å². The van der Waals surface area contributed by atoms with Crippen LogP contribution >= 0.6 is 22.9 Å². The molecule has 6 nitrogen and oxygen atoms in total. The van der Waals surface area contributed by atoms with Gasteiger partial charge in [0.1, 0.15) is 5.01 Å². The van der Waals surface area contributed by atoms with Crippen molar-refractivity contribution in [3.63, 3.8) is 0 Å². The lowest BCUT2D eigenvalue weighted by Gasteiger charge is -2.11. The lowest BCUT2D eigenvalue weighted by Crippen LogP contribution is -2.09. The van der Waals surface area contributed by atoms with Crippen LogP contribution < -0.4 is 5.32 Å². The first-order chi connectivity index (χ1) is 8.58. The van der Waals surface area contributed by atoms with Gasteiger partial charge in [0, 0.05) is 23.8 Å². The Kier molecular flexibility index (Phi) is 3.73. The van der Waals surface area contributed by atoms with E-state index in [0.717, 1.165) is 5.01 Å². The van der Waals surface area contributed by atoms with Crippen LogP contribution in [0, 0.1) is 10.1 Å². The molecule has 1 atom stereocenters. The van der Waals surface area contributed by atoms with Crippen LogP contribution in [0.3, 0.4) is 0 Å². The molecule has 0 radical (unpaired) electrons. The second-order valence-corrected chi connectivity index (χ2v) is 4.88. The Morgan fingerprint density at radius 2 is 2.33 bits per heavy atom. The number of thiazole rings is 1. The summed E-state index contributed by atoms with van der Waals surface area (Å²) in [4.78, 5) is 18.5. The maximum atomic E-state index is 10.9. The van der Waals surface area contributed by atoms with Crippen LogP contribution in [0.1, 0.15) is 18.0 Å². The smallest absolute Gasteiger partial charge is 0.312 e. The zero-order chi connectivity index (χ0) is 13.1. The SMILES string of the molecule is CC(Nc1ncc(Cl)cc1[N+](=O)[O-])c1nccs1. The number of hydrogen-bond acceptors (Lipinski definition) is 6. The fourth-order valence-electron chi connectivity index (χ4n) is 1.39. The highest BCUT2D eigenvalue weighted by atomic mass is 35.5. The average Bonchev–Trinajstić information content (AvgIpc) is 2.84. The fraction of sp³-hybridized carbons (Fsp3) is 0.200. The minimum Gasteiger partial charge on any atom is -0.355 e. The third-order valence-corrected chi connectivity index (χ3v) is 3.37. The lowest BCUT2D eigenvalue weighted by molar-refractivity contribution is -0.384. The number of halogens is 1. The molecule has 0 saturated heterocycles. The topological polar surface area (TPSA) is 81.0 Å². The number of nitrogens with one attached hydrogen (secondary N) is 1. The minimum absolute atomic E-state index is 0.147. The van der Waals surface area contributed by atoms with E-state index in [9.17, 15) is 10.1 Å². The van der Waals surface area contributed by atoms with Gasteiger partial charge in [-0.15, -0.1) is 11.3 Å². The highest BCUT2D eigenvalue weighted by Crippen LogP contribution is 2.28. The van der Waals surface area contributed by atoms with E-state index in [1.54, 1.807) is 6.20 Å². The summed E-state index contributed by atoms with van der Waals surface area (Å²) in [5.41, 5.74) is -0.147. The molecular weight excluding hydrogens is 276 g/mol. The molecule has 2 heterocycles. The summed E-state index contributed by atoms with van der Waals surface area (Å²) in [5, 5.41) is 16.8. The predicted octanol–water partition coefficient (Wildman–Crippen LogP) is 3.27. The monoisotopic (exact) mass is 284 g/mol. The van der Waals surface area contributed by atoms with Crippen molar-refractivity contribution in [1.29, 1.82) is 0 Å². The van der Waals surface area contributed by atoms with Crippen LogP contribution in [0.15, 0.2) is 23.8 Å². The second kappa shape index (κ2) is 5.28.